The summed E-state index contributed by atoms with van der Waals surface area (Å²) in [6, 6.07) is 12.8. The molecule has 0 unspecified atom stereocenters. The van der Waals surface area contributed by atoms with E-state index in [0.29, 0.717) is 41.3 Å². The monoisotopic (exact) mass is 458 g/mol. The van der Waals surface area contributed by atoms with E-state index in [9.17, 15) is 4.79 Å². The zero-order chi connectivity index (χ0) is 22.9. The summed E-state index contributed by atoms with van der Waals surface area (Å²) in [7, 11) is 6.37. The first kappa shape index (κ1) is 23.4. The Bertz CT molecular complexity index is 1040. The van der Waals surface area contributed by atoms with Crippen LogP contribution in [0.15, 0.2) is 47.6 Å². The van der Waals surface area contributed by atoms with Crippen LogP contribution in [0.25, 0.3) is 11.4 Å². The maximum Gasteiger partial charge on any atom is 0.234 e. The molecule has 0 atom stereocenters. The standard InChI is InChI=1S/C22H26N4O5S/c1-28-12-11-26-21(15-5-7-16(29-2)8-6-15)24-25-22(26)32-14-20(27)23-18-13-17(30-3)9-10-19(18)31-4/h5-10,13H,11-12,14H2,1-4H3,(H,23,27). The lowest BCUT2D eigenvalue weighted by Gasteiger charge is -2.12. The number of carbonyl (C=O) groups is 1. The minimum absolute atomic E-state index is 0.147. The van der Waals surface area contributed by atoms with Crippen molar-refractivity contribution in [2.45, 2.75) is 11.7 Å². The van der Waals surface area contributed by atoms with Crippen molar-refractivity contribution in [2.75, 3.05) is 46.1 Å². The average molecular weight is 459 g/mol. The molecule has 0 aliphatic carbocycles. The van der Waals surface area contributed by atoms with E-state index in [-0.39, 0.29) is 11.7 Å². The highest BCUT2D eigenvalue weighted by Gasteiger charge is 2.17. The van der Waals surface area contributed by atoms with E-state index in [4.69, 9.17) is 18.9 Å². The minimum Gasteiger partial charge on any atom is -0.497 e. The maximum absolute atomic E-state index is 12.6. The van der Waals surface area contributed by atoms with E-state index < -0.39 is 0 Å². The summed E-state index contributed by atoms with van der Waals surface area (Å²) in [6.07, 6.45) is 0. The second kappa shape index (κ2) is 11.4. The first-order chi connectivity index (χ1) is 15.6. The van der Waals surface area contributed by atoms with Crippen LogP contribution in [-0.2, 0) is 16.1 Å². The van der Waals surface area contributed by atoms with E-state index >= 15 is 0 Å². The highest BCUT2D eigenvalue weighted by molar-refractivity contribution is 7.99. The van der Waals surface area contributed by atoms with Crippen LogP contribution >= 0.6 is 11.8 Å². The van der Waals surface area contributed by atoms with Gasteiger partial charge in [0.2, 0.25) is 5.91 Å². The van der Waals surface area contributed by atoms with E-state index in [2.05, 4.69) is 15.5 Å². The molecule has 0 saturated heterocycles. The van der Waals surface area contributed by atoms with Crippen LogP contribution in [0, 0.1) is 0 Å². The fraction of sp³-hybridized carbons (Fsp3) is 0.318. The molecule has 0 radical (unpaired) electrons. The summed E-state index contributed by atoms with van der Waals surface area (Å²) in [4.78, 5) is 12.6. The summed E-state index contributed by atoms with van der Waals surface area (Å²) in [5, 5.41) is 12.1. The Morgan fingerprint density at radius 2 is 1.69 bits per heavy atom. The molecule has 1 aromatic heterocycles. The predicted molar refractivity (Wildman–Crippen MR) is 123 cm³/mol. The van der Waals surface area contributed by atoms with Gasteiger partial charge in [-0.05, 0) is 36.4 Å². The Labute approximate surface area is 191 Å². The van der Waals surface area contributed by atoms with Crippen LogP contribution in [0.4, 0.5) is 5.69 Å². The van der Waals surface area contributed by atoms with Crippen molar-refractivity contribution < 1.29 is 23.7 Å². The topological polar surface area (TPSA) is 96.7 Å². The van der Waals surface area contributed by atoms with Gasteiger partial charge in [-0.1, -0.05) is 11.8 Å². The van der Waals surface area contributed by atoms with Gasteiger partial charge in [0.15, 0.2) is 11.0 Å². The molecule has 0 fully saturated rings. The van der Waals surface area contributed by atoms with Crippen LogP contribution in [0.2, 0.25) is 0 Å². The molecule has 2 aromatic carbocycles. The second-order valence-corrected chi connectivity index (χ2v) is 7.52. The third-order valence-corrected chi connectivity index (χ3v) is 5.56. The summed E-state index contributed by atoms with van der Waals surface area (Å²) < 4.78 is 22.9. The number of amides is 1. The lowest BCUT2D eigenvalue weighted by atomic mass is 10.2. The van der Waals surface area contributed by atoms with E-state index in [1.165, 1.54) is 11.8 Å². The van der Waals surface area contributed by atoms with Gasteiger partial charge >= 0.3 is 0 Å². The number of hydrogen-bond donors (Lipinski definition) is 1. The number of rotatable bonds is 11. The van der Waals surface area contributed by atoms with Crippen molar-refractivity contribution >= 4 is 23.4 Å². The first-order valence-corrected chi connectivity index (χ1v) is 10.8. The molecule has 1 amide bonds. The summed E-state index contributed by atoms with van der Waals surface area (Å²) in [5.41, 5.74) is 1.43. The van der Waals surface area contributed by atoms with Gasteiger partial charge in [-0.3, -0.25) is 9.36 Å². The van der Waals surface area contributed by atoms with Gasteiger partial charge in [-0.25, -0.2) is 0 Å². The first-order valence-electron chi connectivity index (χ1n) is 9.80. The van der Waals surface area contributed by atoms with E-state index in [1.807, 2.05) is 28.8 Å². The number of ether oxygens (including phenoxy) is 4. The zero-order valence-corrected chi connectivity index (χ0v) is 19.3. The second-order valence-electron chi connectivity index (χ2n) is 6.58. The highest BCUT2D eigenvalue weighted by atomic mass is 32.2. The van der Waals surface area contributed by atoms with Gasteiger partial charge in [0.1, 0.15) is 17.2 Å². The molecule has 0 spiro atoms. The van der Waals surface area contributed by atoms with Gasteiger partial charge in [-0.15, -0.1) is 10.2 Å². The molecule has 3 rings (SSSR count). The number of thioether (sulfide) groups is 1. The smallest absolute Gasteiger partial charge is 0.234 e. The van der Waals surface area contributed by atoms with Crippen molar-refractivity contribution in [2.24, 2.45) is 0 Å². The van der Waals surface area contributed by atoms with Gasteiger partial charge in [0.25, 0.3) is 0 Å². The van der Waals surface area contributed by atoms with Crippen molar-refractivity contribution in [1.82, 2.24) is 14.8 Å². The Morgan fingerprint density at radius 1 is 0.969 bits per heavy atom. The van der Waals surface area contributed by atoms with Crippen LogP contribution < -0.4 is 19.5 Å². The number of hydrogen-bond acceptors (Lipinski definition) is 8. The molecule has 0 bridgehead atoms. The molecule has 0 aliphatic heterocycles. The highest BCUT2D eigenvalue weighted by Crippen LogP contribution is 2.30. The molecule has 3 aromatic rings. The SMILES string of the molecule is COCCn1c(SCC(=O)Nc2cc(OC)ccc2OC)nnc1-c1ccc(OC)cc1. The molecule has 9 nitrogen and oxygen atoms in total. The molecule has 170 valence electrons. The molecule has 32 heavy (non-hydrogen) atoms. The lowest BCUT2D eigenvalue weighted by Crippen LogP contribution is -2.16. The maximum atomic E-state index is 12.6. The zero-order valence-electron chi connectivity index (χ0n) is 18.5. The fourth-order valence-corrected chi connectivity index (χ4v) is 3.73. The number of carbonyl (C=O) groups excluding carboxylic acids is 1. The molecular formula is C22H26N4O5S. The molecule has 0 saturated carbocycles. The number of nitrogens with zero attached hydrogens (tertiary/aromatic N) is 3. The van der Waals surface area contributed by atoms with Crippen LogP contribution in [0.3, 0.4) is 0 Å². The van der Waals surface area contributed by atoms with Gasteiger partial charge in [0.05, 0.1) is 45.9 Å². The number of aromatic nitrogens is 3. The van der Waals surface area contributed by atoms with E-state index in [0.717, 1.165) is 11.3 Å². The van der Waals surface area contributed by atoms with Crippen LogP contribution in [0.1, 0.15) is 0 Å². The van der Waals surface area contributed by atoms with Crippen molar-refractivity contribution in [3.05, 3.63) is 42.5 Å². The number of benzene rings is 2. The normalized spacial score (nSPS) is 10.6. The predicted octanol–water partition coefficient (Wildman–Crippen LogP) is 3.35. The van der Waals surface area contributed by atoms with Gasteiger partial charge in [0, 0.05) is 18.7 Å². The molecule has 0 aliphatic rings. The van der Waals surface area contributed by atoms with Crippen molar-refractivity contribution in [3.8, 4) is 28.6 Å². The molecule has 1 heterocycles. The Hall–Kier alpha value is -3.24. The Balaban J connectivity index is 1.74. The third-order valence-electron chi connectivity index (χ3n) is 4.60. The van der Waals surface area contributed by atoms with Crippen molar-refractivity contribution in [1.29, 1.82) is 0 Å². The average Bonchev–Trinajstić information content (AvgIpc) is 3.23. The Kier molecular flexibility index (Phi) is 8.34. The largest absolute Gasteiger partial charge is 0.497 e. The molecule has 1 N–H and O–H groups in total. The summed E-state index contributed by atoms with van der Waals surface area (Å²) in [6.45, 7) is 1.04. The van der Waals surface area contributed by atoms with Crippen LogP contribution in [0.5, 0.6) is 17.2 Å². The van der Waals surface area contributed by atoms with Gasteiger partial charge < -0.3 is 24.3 Å². The van der Waals surface area contributed by atoms with E-state index in [1.54, 1.807) is 46.6 Å². The summed E-state index contributed by atoms with van der Waals surface area (Å²) in [5.74, 6) is 2.58. The lowest BCUT2D eigenvalue weighted by molar-refractivity contribution is -0.113. The summed E-state index contributed by atoms with van der Waals surface area (Å²) >= 11 is 1.30. The number of anilines is 1. The fourth-order valence-electron chi connectivity index (χ4n) is 2.96. The Morgan fingerprint density at radius 3 is 2.34 bits per heavy atom. The number of methoxy groups -OCH3 is 4. The molecule has 10 heteroatoms. The molecular weight excluding hydrogens is 432 g/mol. The third kappa shape index (κ3) is 5.71. The minimum atomic E-state index is -0.200. The van der Waals surface area contributed by atoms with Crippen LogP contribution in [-0.4, -0.2) is 61.5 Å². The number of nitrogens with one attached hydrogen (secondary N) is 1. The van der Waals surface area contributed by atoms with Gasteiger partial charge in [-0.2, -0.15) is 0 Å². The van der Waals surface area contributed by atoms with Crippen molar-refractivity contribution in [3.63, 3.8) is 0 Å². The quantitative estimate of drug-likeness (QED) is 0.437.